The molecule has 6 heteroatoms. The summed E-state index contributed by atoms with van der Waals surface area (Å²) in [6.45, 7) is 2.39. The summed E-state index contributed by atoms with van der Waals surface area (Å²) in [6.07, 6.45) is 1.45. The molecular weight excluding hydrogens is 354 g/mol. The van der Waals surface area contributed by atoms with Crippen molar-refractivity contribution in [3.05, 3.63) is 89.2 Å². The van der Waals surface area contributed by atoms with Gasteiger partial charge in [0.25, 0.3) is 11.8 Å². The van der Waals surface area contributed by atoms with Crippen molar-refractivity contribution >= 4 is 17.5 Å². The molecule has 0 aliphatic heterocycles. The summed E-state index contributed by atoms with van der Waals surface area (Å²) < 4.78 is 5.10. The average molecular weight is 375 g/mol. The third kappa shape index (κ3) is 4.94. The first-order valence-electron chi connectivity index (χ1n) is 8.80. The first kappa shape index (κ1) is 19.1. The smallest absolute Gasteiger partial charge is 0.270 e. The number of hydrogen-bond acceptors (Lipinski definition) is 4. The van der Waals surface area contributed by atoms with Crippen molar-refractivity contribution in [2.75, 3.05) is 12.4 Å². The molecule has 2 aromatic carbocycles. The van der Waals surface area contributed by atoms with Crippen LogP contribution in [0.15, 0.2) is 66.9 Å². The van der Waals surface area contributed by atoms with Gasteiger partial charge in [-0.3, -0.25) is 14.6 Å². The molecule has 0 unspecified atom stereocenters. The third-order valence-corrected chi connectivity index (χ3v) is 4.14. The lowest BCUT2D eigenvalue weighted by atomic mass is 10.1. The van der Waals surface area contributed by atoms with E-state index in [4.69, 9.17) is 4.74 Å². The van der Waals surface area contributed by atoms with Gasteiger partial charge in [0.05, 0.1) is 7.11 Å². The minimum atomic E-state index is -0.333. The standard InChI is InChI=1S/C22H21N3O3/c1-15-4-3-5-16(12-15)14-24-22(27)20-13-17(10-11-23-20)21(26)25-18-6-8-19(28-2)9-7-18/h3-13H,14H2,1-2H3,(H,24,27)(H,25,26). The Morgan fingerprint density at radius 1 is 1.00 bits per heavy atom. The third-order valence-electron chi connectivity index (χ3n) is 4.14. The van der Waals surface area contributed by atoms with Crippen molar-refractivity contribution in [1.82, 2.24) is 10.3 Å². The van der Waals surface area contributed by atoms with Crippen LogP contribution in [-0.2, 0) is 6.54 Å². The Bertz CT molecular complexity index is 984. The molecule has 28 heavy (non-hydrogen) atoms. The van der Waals surface area contributed by atoms with Gasteiger partial charge in [-0.1, -0.05) is 29.8 Å². The summed E-state index contributed by atoms with van der Waals surface area (Å²) in [4.78, 5) is 28.9. The fourth-order valence-corrected chi connectivity index (χ4v) is 2.67. The van der Waals surface area contributed by atoms with Crippen molar-refractivity contribution in [2.24, 2.45) is 0 Å². The van der Waals surface area contributed by atoms with E-state index in [-0.39, 0.29) is 17.5 Å². The summed E-state index contributed by atoms with van der Waals surface area (Å²) in [5, 5.41) is 5.61. The monoisotopic (exact) mass is 375 g/mol. The molecule has 0 bridgehead atoms. The van der Waals surface area contributed by atoms with E-state index in [1.54, 1.807) is 37.4 Å². The molecule has 0 fully saturated rings. The fourth-order valence-electron chi connectivity index (χ4n) is 2.67. The SMILES string of the molecule is COc1ccc(NC(=O)c2ccnc(C(=O)NCc3cccc(C)c3)c2)cc1. The molecule has 0 spiro atoms. The van der Waals surface area contributed by atoms with Crippen molar-refractivity contribution in [2.45, 2.75) is 13.5 Å². The molecule has 0 aliphatic carbocycles. The van der Waals surface area contributed by atoms with E-state index in [0.717, 1.165) is 11.1 Å². The Hall–Kier alpha value is -3.67. The minimum absolute atomic E-state index is 0.190. The number of amides is 2. The number of carbonyl (C=O) groups is 2. The lowest BCUT2D eigenvalue weighted by Crippen LogP contribution is -2.24. The molecule has 1 heterocycles. The number of ether oxygens (including phenoxy) is 1. The Balaban J connectivity index is 1.65. The van der Waals surface area contributed by atoms with Gasteiger partial charge in [0.15, 0.2) is 0 Å². The molecule has 2 N–H and O–H groups in total. The van der Waals surface area contributed by atoms with Crippen LogP contribution in [0.1, 0.15) is 32.0 Å². The number of aromatic nitrogens is 1. The second-order valence-electron chi connectivity index (χ2n) is 6.28. The lowest BCUT2D eigenvalue weighted by molar-refractivity contribution is 0.0946. The van der Waals surface area contributed by atoms with E-state index < -0.39 is 0 Å². The van der Waals surface area contributed by atoms with Crippen LogP contribution in [0.5, 0.6) is 5.75 Å². The van der Waals surface area contributed by atoms with Gasteiger partial charge in [0, 0.05) is 24.0 Å². The number of rotatable bonds is 6. The Morgan fingerprint density at radius 3 is 2.50 bits per heavy atom. The first-order chi connectivity index (χ1) is 13.5. The van der Waals surface area contributed by atoms with Gasteiger partial charge in [0.1, 0.15) is 11.4 Å². The van der Waals surface area contributed by atoms with Gasteiger partial charge in [-0.15, -0.1) is 0 Å². The fraction of sp³-hybridized carbons (Fsp3) is 0.136. The summed E-state index contributed by atoms with van der Waals surface area (Å²) in [6, 6.07) is 17.9. The molecule has 0 radical (unpaired) electrons. The molecule has 3 rings (SSSR count). The van der Waals surface area contributed by atoms with Gasteiger partial charge >= 0.3 is 0 Å². The van der Waals surface area contributed by atoms with E-state index in [2.05, 4.69) is 15.6 Å². The summed E-state index contributed by atoms with van der Waals surface area (Å²) in [5.41, 5.74) is 3.30. The van der Waals surface area contributed by atoms with Crippen LogP contribution in [0.3, 0.4) is 0 Å². The summed E-state index contributed by atoms with van der Waals surface area (Å²) in [7, 11) is 1.58. The molecule has 142 valence electrons. The Morgan fingerprint density at radius 2 is 1.79 bits per heavy atom. The largest absolute Gasteiger partial charge is 0.497 e. The zero-order valence-corrected chi connectivity index (χ0v) is 15.7. The maximum absolute atomic E-state index is 12.5. The van der Waals surface area contributed by atoms with Gasteiger partial charge in [-0.05, 0) is 48.9 Å². The minimum Gasteiger partial charge on any atom is -0.497 e. The van der Waals surface area contributed by atoms with Crippen LogP contribution in [0, 0.1) is 6.92 Å². The van der Waals surface area contributed by atoms with Crippen molar-refractivity contribution < 1.29 is 14.3 Å². The van der Waals surface area contributed by atoms with E-state index in [9.17, 15) is 9.59 Å². The van der Waals surface area contributed by atoms with E-state index in [1.807, 2.05) is 31.2 Å². The van der Waals surface area contributed by atoms with Gasteiger partial charge < -0.3 is 15.4 Å². The highest BCUT2D eigenvalue weighted by Crippen LogP contribution is 2.16. The molecule has 2 amide bonds. The predicted octanol–water partition coefficient (Wildman–Crippen LogP) is 3.58. The summed E-state index contributed by atoms with van der Waals surface area (Å²) in [5.74, 6) is 0.0513. The van der Waals surface area contributed by atoms with Crippen LogP contribution in [-0.4, -0.2) is 23.9 Å². The predicted molar refractivity (Wildman–Crippen MR) is 108 cm³/mol. The number of nitrogens with zero attached hydrogens (tertiary/aromatic N) is 1. The van der Waals surface area contributed by atoms with Crippen LogP contribution >= 0.6 is 0 Å². The van der Waals surface area contributed by atoms with Crippen LogP contribution in [0.2, 0.25) is 0 Å². The van der Waals surface area contributed by atoms with Crippen molar-refractivity contribution in [3.63, 3.8) is 0 Å². The van der Waals surface area contributed by atoms with Crippen LogP contribution in [0.4, 0.5) is 5.69 Å². The Labute approximate surface area is 163 Å². The number of pyridine rings is 1. The first-order valence-corrected chi connectivity index (χ1v) is 8.80. The van der Waals surface area contributed by atoms with E-state index >= 15 is 0 Å². The maximum atomic E-state index is 12.5. The highest BCUT2D eigenvalue weighted by molar-refractivity contribution is 6.05. The normalized spacial score (nSPS) is 10.2. The molecule has 1 aromatic heterocycles. The number of aryl methyl sites for hydroxylation is 1. The van der Waals surface area contributed by atoms with Crippen LogP contribution < -0.4 is 15.4 Å². The molecule has 0 atom stereocenters. The number of carbonyl (C=O) groups excluding carboxylic acids is 2. The zero-order valence-electron chi connectivity index (χ0n) is 15.7. The van der Waals surface area contributed by atoms with Gasteiger partial charge in [-0.2, -0.15) is 0 Å². The molecular formula is C22H21N3O3. The molecule has 0 aliphatic rings. The lowest BCUT2D eigenvalue weighted by Gasteiger charge is -2.08. The summed E-state index contributed by atoms with van der Waals surface area (Å²) >= 11 is 0. The quantitative estimate of drug-likeness (QED) is 0.690. The van der Waals surface area contributed by atoms with Gasteiger partial charge in [0.2, 0.25) is 0 Å². The number of nitrogens with one attached hydrogen (secondary N) is 2. The highest BCUT2D eigenvalue weighted by Gasteiger charge is 2.12. The molecule has 3 aromatic rings. The molecule has 0 saturated carbocycles. The van der Waals surface area contributed by atoms with Crippen molar-refractivity contribution in [3.8, 4) is 5.75 Å². The molecule has 6 nitrogen and oxygen atoms in total. The van der Waals surface area contributed by atoms with E-state index in [1.165, 1.54) is 12.3 Å². The maximum Gasteiger partial charge on any atom is 0.270 e. The Kier molecular flexibility index (Phi) is 6.01. The van der Waals surface area contributed by atoms with Crippen molar-refractivity contribution in [1.29, 1.82) is 0 Å². The zero-order chi connectivity index (χ0) is 19.9. The molecule has 0 saturated heterocycles. The second kappa shape index (κ2) is 8.81. The number of anilines is 1. The number of hydrogen-bond donors (Lipinski definition) is 2. The number of benzene rings is 2. The van der Waals surface area contributed by atoms with Gasteiger partial charge in [-0.25, -0.2) is 0 Å². The highest BCUT2D eigenvalue weighted by atomic mass is 16.5. The number of methoxy groups -OCH3 is 1. The van der Waals surface area contributed by atoms with E-state index in [0.29, 0.717) is 23.5 Å². The second-order valence-corrected chi connectivity index (χ2v) is 6.28. The topological polar surface area (TPSA) is 80.3 Å². The van der Waals surface area contributed by atoms with Crippen LogP contribution in [0.25, 0.3) is 0 Å². The average Bonchev–Trinajstić information content (AvgIpc) is 2.72.